The van der Waals surface area contributed by atoms with Gasteiger partial charge in [0.2, 0.25) is 5.91 Å². The van der Waals surface area contributed by atoms with E-state index >= 15 is 0 Å². The second-order valence-corrected chi connectivity index (χ2v) is 17.2. The quantitative estimate of drug-likeness (QED) is 0.425. The molecule has 2 amide bonds. The summed E-state index contributed by atoms with van der Waals surface area (Å²) in [7, 11) is -1.84. The van der Waals surface area contributed by atoms with Gasteiger partial charge in [0, 0.05) is 35.8 Å². The molecular weight excluding hydrogens is 585 g/mol. The molecule has 1 aromatic heterocycles. The van der Waals surface area contributed by atoms with Crippen molar-refractivity contribution in [1.82, 2.24) is 19.8 Å². The Hall–Kier alpha value is -2.12. The Bertz CT molecular complexity index is 1210. The van der Waals surface area contributed by atoms with Crippen LogP contribution in [-0.4, -0.2) is 78.0 Å². The maximum atomic E-state index is 13.1. The first kappa shape index (κ1) is 28.9. The average molecular weight is 620 g/mol. The van der Waals surface area contributed by atoms with Gasteiger partial charge in [0.1, 0.15) is 17.8 Å². The summed E-state index contributed by atoms with van der Waals surface area (Å²) in [4.78, 5) is 36.4. The number of rotatable bonds is 5. The van der Waals surface area contributed by atoms with E-state index in [0.717, 1.165) is 37.8 Å². The molecule has 2 heterocycles. The second kappa shape index (κ2) is 10.5. The minimum Gasteiger partial charge on any atom is -0.414 e. The molecule has 1 saturated carbocycles. The number of halogens is 4. The van der Waals surface area contributed by atoms with Crippen LogP contribution < -0.4 is 4.74 Å². The number of amides is 2. The van der Waals surface area contributed by atoms with Crippen molar-refractivity contribution in [2.75, 3.05) is 19.6 Å². The zero-order chi connectivity index (χ0) is 28.0. The van der Waals surface area contributed by atoms with E-state index in [1.54, 1.807) is 0 Å². The highest BCUT2D eigenvalue weighted by molar-refractivity contribution is 9.10. The molecule has 1 N–H and O–H groups in total. The Morgan fingerprint density at radius 3 is 2.37 bits per heavy atom. The highest BCUT2D eigenvalue weighted by atomic mass is 79.9. The molecule has 0 spiro atoms. The highest BCUT2D eigenvalue weighted by Gasteiger charge is 2.41. The first-order valence-electron chi connectivity index (χ1n) is 12.8. The minimum absolute atomic E-state index is 0.0469. The number of piperazine rings is 1. The summed E-state index contributed by atoms with van der Waals surface area (Å²) in [5.74, 6) is -1.08. The molecule has 1 aliphatic heterocycles. The van der Waals surface area contributed by atoms with Crippen LogP contribution in [0.2, 0.25) is 18.1 Å². The van der Waals surface area contributed by atoms with Gasteiger partial charge in [-0.1, -0.05) is 20.8 Å². The predicted molar refractivity (Wildman–Crippen MR) is 142 cm³/mol. The number of hydrogen-bond donors (Lipinski definition) is 1. The molecule has 1 aromatic carbocycles. The van der Waals surface area contributed by atoms with Crippen molar-refractivity contribution in [3.05, 3.63) is 22.4 Å². The van der Waals surface area contributed by atoms with Crippen molar-refractivity contribution >= 4 is 47.1 Å². The van der Waals surface area contributed by atoms with E-state index in [1.807, 2.05) is 4.90 Å². The number of carbonyl (C=O) groups is 2. The third-order valence-electron chi connectivity index (χ3n) is 7.85. The van der Waals surface area contributed by atoms with Crippen molar-refractivity contribution in [2.24, 2.45) is 0 Å². The molecular formula is C25H34BrF3N4O4Si. The van der Waals surface area contributed by atoms with Crippen LogP contribution in [0.3, 0.4) is 0 Å². The van der Waals surface area contributed by atoms with Gasteiger partial charge in [0.05, 0.1) is 5.52 Å². The molecule has 210 valence electrons. The van der Waals surface area contributed by atoms with E-state index in [9.17, 15) is 22.8 Å². The molecule has 2 aliphatic rings. The Balaban J connectivity index is 1.36. The number of imidazole rings is 1. The maximum Gasteiger partial charge on any atom is 0.573 e. The number of hydrogen-bond acceptors (Lipinski definition) is 5. The largest absolute Gasteiger partial charge is 0.573 e. The van der Waals surface area contributed by atoms with E-state index in [-0.39, 0.29) is 45.4 Å². The van der Waals surface area contributed by atoms with Crippen LogP contribution in [0.5, 0.6) is 5.75 Å². The molecule has 4 rings (SSSR count). The van der Waals surface area contributed by atoms with Crippen molar-refractivity contribution in [2.45, 2.75) is 83.1 Å². The number of nitrogens with one attached hydrogen (secondary N) is 1. The molecule has 1 aliphatic carbocycles. The Kier molecular flexibility index (Phi) is 7.94. The van der Waals surface area contributed by atoms with Gasteiger partial charge in [-0.15, -0.1) is 13.2 Å². The van der Waals surface area contributed by atoms with Crippen LogP contribution in [0.25, 0.3) is 11.0 Å². The molecule has 8 nitrogen and oxygen atoms in total. The molecule has 1 saturated heterocycles. The predicted octanol–water partition coefficient (Wildman–Crippen LogP) is 5.84. The highest BCUT2D eigenvalue weighted by Crippen LogP contribution is 2.39. The van der Waals surface area contributed by atoms with Crippen LogP contribution in [0, 0.1) is 0 Å². The molecule has 0 bridgehead atoms. The number of ether oxygens (including phenoxy) is 1. The number of H-pyrrole nitrogens is 1. The fourth-order valence-electron chi connectivity index (χ4n) is 4.81. The summed E-state index contributed by atoms with van der Waals surface area (Å²) in [6, 6.07) is 2.40. The van der Waals surface area contributed by atoms with Gasteiger partial charge in [0.15, 0.2) is 14.1 Å². The van der Waals surface area contributed by atoms with Crippen molar-refractivity contribution < 1.29 is 31.9 Å². The van der Waals surface area contributed by atoms with Crippen molar-refractivity contribution in [3.63, 3.8) is 0 Å². The molecule has 2 fully saturated rings. The van der Waals surface area contributed by atoms with Gasteiger partial charge in [0.25, 0.3) is 5.91 Å². The fourth-order valence-corrected chi connectivity index (χ4v) is 6.76. The lowest BCUT2D eigenvalue weighted by Crippen LogP contribution is -2.56. The molecule has 0 atom stereocenters. The van der Waals surface area contributed by atoms with E-state index in [1.165, 1.54) is 4.90 Å². The third kappa shape index (κ3) is 6.36. The summed E-state index contributed by atoms with van der Waals surface area (Å²) >= 11 is 3.18. The van der Waals surface area contributed by atoms with Crippen LogP contribution >= 0.6 is 15.9 Å². The van der Waals surface area contributed by atoms with E-state index < -0.39 is 26.3 Å². The monoisotopic (exact) mass is 618 g/mol. The standard InChI is InChI=1S/C25H34BrF3N4O4Si/c1-24(2,3)38(4,5)37-16-8-6-15(7-9-16)33-11-10-32(14-20(33)34)23(35)22-30-19-13-17(36-25(27,28)29)12-18(26)21(19)31-22/h12-13,15-16H,6-11,14H2,1-5H3,(H,30,31). The first-order valence-corrected chi connectivity index (χ1v) is 16.5. The average Bonchev–Trinajstić information content (AvgIpc) is 3.22. The summed E-state index contributed by atoms with van der Waals surface area (Å²) in [6.45, 7) is 11.9. The van der Waals surface area contributed by atoms with Gasteiger partial charge in [-0.05, 0) is 65.8 Å². The number of aromatic amines is 1. The van der Waals surface area contributed by atoms with Gasteiger partial charge < -0.3 is 23.9 Å². The Morgan fingerprint density at radius 2 is 1.79 bits per heavy atom. The molecule has 13 heteroatoms. The normalized spacial score (nSPS) is 21.8. The van der Waals surface area contributed by atoms with Gasteiger partial charge in [-0.2, -0.15) is 0 Å². The van der Waals surface area contributed by atoms with Gasteiger partial charge in [-0.25, -0.2) is 4.98 Å². The lowest BCUT2D eigenvalue weighted by Gasteiger charge is -2.44. The van der Waals surface area contributed by atoms with Crippen molar-refractivity contribution in [3.8, 4) is 5.75 Å². The lowest BCUT2D eigenvalue weighted by molar-refractivity contribution is -0.274. The SMILES string of the molecule is CC(C)(C)[Si](C)(C)OC1CCC(N2CCN(C(=O)c3nc4c(Br)cc(OC(F)(F)F)cc4[nH]3)CC2=O)CC1. The van der Waals surface area contributed by atoms with Gasteiger partial charge >= 0.3 is 6.36 Å². The minimum atomic E-state index is -4.84. The number of nitrogens with zero attached hydrogens (tertiary/aromatic N) is 3. The second-order valence-electron chi connectivity index (χ2n) is 11.6. The number of benzene rings is 1. The molecule has 0 unspecified atom stereocenters. The zero-order valence-corrected chi connectivity index (χ0v) is 24.8. The van der Waals surface area contributed by atoms with E-state index in [4.69, 9.17) is 4.43 Å². The van der Waals surface area contributed by atoms with Gasteiger partial charge in [-0.3, -0.25) is 9.59 Å². The Labute approximate surface area is 229 Å². The molecule has 38 heavy (non-hydrogen) atoms. The van der Waals surface area contributed by atoms with E-state index in [2.05, 4.69) is 64.5 Å². The number of aromatic nitrogens is 2. The summed E-state index contributed by atoms with van der Waals surface area (Å²) in [5, 5.41) is 0.151. The fraction of sp³-hybridized carbons (Fsp3) is 0.640. The Morgan fingerprint density at radius 1 is 1.13 bits per heavy atom. The summed E-state index contributed by atoms with van der Waals surface area (Å²) in [6.07, 6.45) is -1.05. The number of alkyl halides is 3. The van der Waals surface area contributed by atoms with E-state index in [0.29, 0.717) is 18.6 Å². The third-order valence-corrected chi connectivity index (χ3v) is 13.0. The smallest absolute Gasteiger partial charge is 0.414 e. The first-order chi connectivity index (χ1) is 17.5. The summed E-state index contributed by atoms with van der Waals surface area (Å²) < 4.78 is 48.6. The topological polar surface area (TPSA) is 87.8 Å². The molecule has 2 aromatic rings. The van der Waals surface area contributed by atoms with Crippen LogP contribution in [0.4, 0.5) is 13.2 Å². The maximum absolute atomic E-state index is 13.1. The number of carbonyl (C=O) groups excluding carboxylic acids is 2. The zero-order valence-electron chi connectivity index (χ0n) is 22.2. The van der Waals surface area contributed by atoms with Crippen LogP contribution in [0.15, 0.2) is 16.6 Å². The summed E-state index contributed by atoms with van der Waals surface area (Å²) in [5.41, 5.74) is 0.508. The van der Waals surface area contributed by atoms with Crippen molar-refractivity contribution in [1.29, 1.82) is 0 Å². The molecule has 0 radical (unpaired) electrons. The lowest BCUT2D eigenvalue weighted by atomic mass is 9.91. The van der Waals surface area contributed by atoms with Crippen LogP contribution in [0.1, 0.15) is 57.1 Å². The van der Waals surface area contributed by atoms with Crippen LogP contribution in [-0.2, 0) is 9.22 Å². The number of fused-ring (bicyclic) bond motifs is 1.